The molecule has 5 N–H and O–H groups in total. The second kappa shape index (κ2) is 70.7. The predicted molar refractivity (Wildman–Crippen MR) is 86.9 cm³/mol. The molecule has 0 fully saturated rings. The van der Waals surface area contributed by atoms with Crippen molar-refractivity contribution in [2.24, 2.45) is 0 Å². The van der Waals surface area contributed by atoms with Gasteiger partial charge in [0, 0.05) is 54.8 Å². The molecular formula is C15H40O5Ti. The van der Waals surface area contributed by atoms with Crippen molar-refractivity contribution in [2.75, 3.05) is 33.0 Å². The largest absolute Gasteiger partial charge is 0.396 e. The van der Waals surface area contributed by atoms with Crippen LogP contribution in [0.25, 0.3) is 0 Å². The van der Waals surface area contributed by atoms with Gasteiger partial charge in [0.05, 0.1) is 0 Å². The zero-order valence-corrected chi connectivity index (χ0v) is 16.4. The van der Waals surface area contributed by atoms with E-state index in [0.29, 0.717) is 33.0 Å². The topological polar surface area (TPSA) is 101 Å². The second-order valence-electron chi connectivity index (χ2n) is 3.62. The summed E-state index contributed by atoms with van der Waals surface area (Å²) in [6.07, 6.45) is 4.38. The summed E-state index contributed by atoms with van der Waals surface area (Å²) in [5.74, 6) is 0. The number of hydrogen-bond donors (Lipinski definition) is 5. The summed E-state index contributed by atoms with van der Waals surface area (Å²) in [7, 11) is 0. The van der Waals surface area contributed by atoms with Crippen molar-refractivity contribution < 1.29 is 47.3 Å². The first kappa shape index (κ1) is 37.6. The van der Waals surface area contributed by atoms with Crippen LogP contribution >= 0.6 is 0 Å². The van der Waals surface area contributed by atoms with Crippen LogP contribution < -0.4 is 0 Å². The first-order valence-corrected chi connectivity index (χ1v) is 7.62. The third-order valence-corrected chi connectivity index (χ3v) is 1.12. The Bertz CT molecular complexity index is 55.2. The summed E-state index contributed by atoms with van der Waals surface area (Å²) in [5, 5.41) is 39.4. The molecule has 0 aliphatic heterocycles. The van der Waals surface area contributed by atoms with Gasteiger partial charge in [-0.3, -0.25) is 0 Å². The normalized spacial score (nSPS) is 7.14. The van der Waals surface area contributed by atoms with Crippen LogP contribution in [0.4, 0.5) is 0 Å². The Labute approximate surface area is 147 Å². The SMILES string of the molecule is CCCO.CCCO.CCCO.CCCO.CCCO.[Ti]. The Hall–Kier alpha value is 0.514. The fourth-order valence-corrected chi connectivity index (χ4v) is 0. The molecule has 0 aliphatic carbocycles. The van der Waals surface area contributed by atoms with Crippen molar-refractivity contribution >= 4 is 0 Å². The van der Waals surface area contributed by atoms with Crippen LogP contribution in [0, 0.1) is 0 Å². The smallest absolute Gasteiger partial charge is 0.0428 e. The molecule has 0 spiro atoms. The van der Waals surface area contributed by atoms with Gasteiger partial charge in [-0.2, -0.15) is 0 Å². The molecule has 6 heteroatoms. The van der Waals surface area contributed by atoms with Crippen LogP contribution in [0.5, 0.6) is 0 Å². The third kappa shape index (κ3) is 231. The summed E-state index contributed by atoms with van der Waals surface area (Å²) in [5.41, 5.74) is 0. The summed E-state index contributed by atoms with van der Waals surface area (Å²) in [6.45, 7) is 11.2. The Balaban J connectivity index is -0.0000000331. The molecule has 0 aromatic heterocycles. The van der Waals surface area contributed by atoms with E-state index in [1.54, 1.807) is 0 Å². The van der Waals surface area contributed by atoms with Gasteiger partial charge < -0.3 is 25.5 Å². The van der Waals surface area contributed by atoms with Crippen molar-refractivity contribution in [1.29, 1.82) is 0 Å². The van der Waals surface area contributed by atoms with E-state index in [-0.39, 0.29) is 21.7 Å². The fourth-order valence-electron chi connectivity index (χ4n) is 0. The van der Waals surface area contributed by atoms with Crippen LogP contribution in [-0.2, 0) is 21.7 Å². The van der Waals surface area contributed by atoms with Gasteiger partial charge in [0.2, 0.25) is 0 Å². The zero-order chi connectivity index (χ0) is 17.1. The average Bonchev–Trinajstić information content (AvgIpc) is 2.55. The predicted octanol–water partition coefficient (Wildman–Crippen LogP) is 1.94. The maximum atomic E-state index is 7.88. The van der Waals surface area contributed by atoms with Gasteiger partial charge in [0.1, 0.15) is 0 Å². The minimum Gasteiger partial charge on any atom is -0.396 e. The molecule has 0 aliphatic rings. The molecule has 0 radical (unpaired) electrons. The van der Waals surface area contributed by atoms with E-state index in [9.17, 15) is 0 Å². The molecule has 0 aromatic rings. The molecule has 0 heterocycles. The molecule has 21 heavy (non-hydrogen) atoms. The van der Waals surface area contributed by atoms with E-state index in [1.807, 2.05) is 34.6 Å². The molecule has 0 saturated carbocycles. The molecular weight excluding hydrogens is 308 g/mol. The van der Waals surface area contributed by atoms with Crippen molar-refractivity contribution in [3.63, 3.8) is 0 Å². The van der Waals surface area contributed by atoms with Crippen LogP contribution in [-0.4, -0.2) is 58.6 Å². The van der Waals surface area contributed by atoms with Crippen LogP contribution in [0.1, 0.15) is 66.7 Å². The van der Waals surface area contributed by atoms with E-state index in [0.717, 1.165) is 32.1 Å². The van der Waals surface area contributed by atoms with Crippen LogP contribution in [0.2, 0.25) is 0 Å². The molecule has 0 saturated heterocycles. The third-order valence-electron chi connectivity index (χ3n) is 1.12. The maximum Gasteiger partial charge on any atom is 0.0428 e. The maximum absolute atomic E-state index is 7.88. The van der Waals surface area contributed by atoms with Crippen molar-refractivity contribution in [3.05, 3.63) is 0 Å². The fraction of sp³-hybridized carbons (Fsp3) is 1.00. The van der Waals surface area contributed by atoms with Gasteiger partial charge in [-0.25, -0.2) is 0 Å². The van der Waals surface area contributed by atoms with E-state index in [4.69, 9.17) is 25.5 Å². The van der Waals surface area contributed by atoms with E-state index < -0.39 is 0 Å². The first-order valence-electron chi connectivity index (χ1n) is 7.62. The molecule has 0 amide bonds. The number of hydrogen-bond acceptors (Lipinski definition) is 5. The quantitative estimate of drug-likeness (QED) is 0.489. The molecule has 5 nitrogen and oxygen atoms in total. The van der Waals surface area contributed by atoms with Crippen molar-refractivity contribution in [2.45, 2.75) is 66.7 Å². The van der Waals surface area contributed by atoms with Gasteiger partial charge in [-0.1, -0.05) is 34.6 Å². The monoisotopic (exact) mass is 348 g/mol. The summed E-state index contributed by atoms with van der Waals surface area (Å²) in [4.78, 5) is 0. The Morgan fingerprint density at radius 2 is 0.429 bits per heavy atom. The van der Waals surface area contributed by atoms with Gasteiger partial charge in [-0.05, 0) is 32.1 Å². The van der Waals surface area contributed by atoms with E-state index in [1.165, 1.54) is 0 Å². The molecule has 0 atom stereocenters. The molecule has 0 rings (SSSR count). The summed E-state index contributed by atoms with van der Waals surface area (Å²) < 4.78 is 0. The summed E-state index contributed by atoms with van der Waals surface area (Å²) >= 11 is 0. The molecule has 134 valence electrons. The van der Waals surface area contributed by atoms with Crippen molar-refractivity contribution in [1.82, 2.24) is 0 Å². The second-order valence-corrected chi connectivity index (χ2v) is 3.62. The average molecular weight is 348 g/mol. The Morgan fingerprint density at radius 3 is 0.429 bits per heavy atom. The number of aliphatic hydroxyl groups excluding tert-OH is 5. The first-order chi connectivity index (χ1) is 9.57. The number of aliphatic hydroxyl groups is 5. The molecule has 0 aromatic carbocycles. The molecule has 0 bridgehead atoms. The van der Waals surface area contributed by atoms with Gasteiger partial charge in [0.25, 0.3) is 0 Å². The van der Waals surface area contributed by atoms with E-state index >= 15 is 0 Å². The minimum absolute atomic E-state index is 0. The number of rotatable bonds is 5. The van der Waals surface area contributed by atoms with Gasteiger partial charge in [0.15, 0.2) is 0 Å². The minimum atomic E-state index is 0. The van der Waals surface area contributed by atoms with Gasteiger partial charge in [-0.15, -0.1) is 0 Å². The van der Waals surface area contributed by atoms with Crippen LogP contribution in [0.15, 0.2) is 0 Å². The standard InChI is InChI=1S/5C3H8O.Ti/c5*1-2-3-4;/h5*4H,2-3H2,1H3;. The zero-order valence-electron chi connectivity index (χ0n) is 14.8. The van der Waals surface area contributed by atoms with Crippen LogP contribution in [0.3, 0.4) is 0 Å². The van der Waals surface area contributed by atoms with Crippen molar-refractivity contribution in [3.8, 4) is 0 Å². The Morgan fingerprint density at radius 1 is 0.381 bits per heavy atom. The molecule has 0 unspecified atom stereocenters. The summed E-state index contributed by atoms with van der Waals surface area (Å²) in [6, 6.07) is 0. The van der Waals surface area contributed by atoms with E-state index in [2.05, 4.69) is 0 Å². The Kier molecular flexibility index (Phi) is 127. The van der Waals surface area contributed by atoms with Gasteiger partial charge >= 0.3 is 0 Å².